The molecule has 0 atom stereocenters. The molecule has 1 aromatic heterocycles. The molecule has 0 radical (unpaired) electrons. The number of aromatic nitrogens is 2. The van der Waals surface area contributed by atoms with Gasteiger partial charge in [-0.1, -0.05) is 11.3 Å². The minimum absolute atomic E-state index is 0.00209. The van der Waals surface area contributed by atoms with E-state index in [2.05, 4.69) is 20.8 Å². The molecule has 0 spiro atoms. The lowest BCUT2D eigenvalue weighted by molar-refractivity contribution is 0.0948. The van der Waals surface area contributed by atoms with E-state index in [-0.39, 0.29) is 16.6 Å². The Morgan fingerprint density at radius 1 is 0.935 bits per heavy atom. The van der Waals surface area contributed by atoms with Crippen molar-refractivity contribution in [2.24, 2.45) is 0 Å². The molecule has 0 unspecified atom stereocenters. The molecule has 2 N–H and O–H groups in total. The third-order valence-electron chi connectivity index (χ3n) is 4.09. The zero-order valence-corrected chi connectivity index (χ0v) is 17.7. The fourth-order valence-electron chi connectivity index (χ4n) is 2.62. The molecule has 0 aliphatic carbocycles. The lowest BCUT2D eigenvalue weighted by Gasteiger charge is -2.14. The largest absolute Gasteiger partial charge is 0.493 e. The number of hydrogen-bond donors (Lipinski definition) is 2. The molecule has 0 fully saturated rings. The molecule has 0 saturated carbocycles. The fourth-order valence-corrected chi connectivity index (χ4v) is 3.27. The van der Waals surface area contributed by atoms with Crippen LogP contribution in [0.1, 0.15) is 25.2 Å². The number of anilines is 1. The van der Waals surface area contributed by atoms with Crippen molar-refractivity contribution in [3.63, 3.8) is 0 Å². The van der Waals surface area contributed by atoms with Gasteiger partial charge in [0, 0.05) is 12.2 Å². The molecule has 0 aliphatic heterocycles. The summed E-state index contributed by atoms with van der Waals surface area (Å²) in [6, 6.07) is 8.70. The third kappa shape index (κ3) is 5.25. The van der Waals surface area contributed by atoms with Gasteiger partial charge in [0.2, 0.25) is 15.8 Å². The molecule has 3 aromatic rings. The first-order valence-electron chi connectivity index (χ1n) is 8.92. The van der Waals surface area contributed by atoms with Crippen molar-refractivity contribution in [2.75, 3.05) is 26.6 Å². The summed E-state index contributed by atoms with van der Waals surface area (Å²) in [5.41, 5.74) is 1.11. The quantitative estimate of drug-likeness (QED) is 0.547. The summed E-state index contributed by atoms with van der Waals surface area (Å²) in [7, 11) is 4.50. The van der Waals surface area contributed by atoms with E-state index in [1.165, 1.54) is 45.6 Å². The van der Waals surface area contributed by atoms with E-state index in [1.807, 2.05) is 0 Å². The summed E-state index contributed by atoms with van der Waals surface area (Å²) in [6.45, 7) is 0.159. The molecule has 2 amide bonds. The summed E-state index contributed by atoms with van der Waals surface area (Å²) in [5, 5.41) is 12.8. The second-order valence-corrected chi connectivity index (χ2v) is 7.07. The number of carbonyl (C=O) groups excluding carboxylic acids is 2. The number of carbonyl (C=O) groups is 2. The zero-order valence-electron chi connectivity index (χ0n) is 16.9. The van der Waals surface area contributed by atoms with Gasteiger partial charge in [0.15, 0.2) is 11.5 Å². The van der Waals surface area contributed by atoms with Crippen molar-refractivity contribution in [1.82, 2.24) is 15.5 Å². The highest BCUT2D eigenvalue weighted by molar-refractivity contribution is 7.15. The van der Waals surface area contributed by atoms with Crippen LogP contribution in [0.25, 0.3) is 0 Å². The SMILES string of the molecule is COc1cc(CNC(=O)c2nnc(C(=O)Nc3ccc(F)cc3)s2)cc(OC)c1OC. The highest BCUT2D eigenvalue weighted by Gasteiger charge is 2.19. The number of hydrogen-bond acceptors (Lipinski definition) is 8. The summed E-state index contributed by atoms with van der Waals surface area (Å²) in [5.74, 6) is -0.0932. The first kappa shape index (κ1) is 22.0. The molecule has 1 heterocycles. The van der Waals surface area contributed by atoms with Crippen LogP contribution in [0.3, 0.4) is 0 Å². The number of ether oxygens (including phenoxy) is 3. The molecule has 0 bridgehead atoms. The average Bonchev–Trinajstić information content (AvgIpc) is 3.28. The van der Waals surface area contributed by atoms with E-state index in [9.17, 15) is 14.0 Å². The van der Waals surface area contributed by atoms with E-state index < -0.39 is 17.6 Å². The summed E-state index contributed by atoms with van der Waals surface area (Å²) in [4.78, 5) is 24.7. The number of methoxy groups -OCH3 is 3. The van der Waals surface area contributed by atoms with Crippen molar-refractivity contribution < 1.29 is 28.2 Å². The summed E-state index contributed by atoms with van der Waals surface area (Å²) in [6.07, 6.45) is 0. The van der Waals surface area contributed by atoms with Crippen LogP contribution in [-0.4, -0.2) is 43.3 Å². The number of nitrogens with one attached hydrogen (secondary N) is 2. The molecule has 0 saturated heterocycles. The van der Waals surface area contributed by atoms with E-state index >= 15 is 0 Å². The Balaban J connectivity index is 1.65. The van der Waals surface area contributed by atoms with Gasteiger partial charge in [0.25, 0.3) is 11.8 Å². The Morgan fingerprint density at radius 2 is 1.52 bits per heavy atom. The Hall–Kier alpha value is -3.73. The van der Waals surface area contributed by atoms with Crippen LogP contribution in [0.4, 0.5) is 10.1 Å². The molecule has 2 aromatic carbocycles. The van der Waals surface area contributed by atoms with Crippen LogP contribution in [0.15, 0.2) is 36.4 Å². The number of amides is 2. The Bertz CT molecular complexity index is 1060. The smallest absolute Gasteiger partial charge is 0.286 e. The predicted octanol–water partition coefficient (Wildman–Crippen LogP) is 2.89. The van der Waals surface area contributed by atoms with Crippen LogP contribution in [0.5, 0.6) is 17.2 Å². The predicted molar refractivity (Wildman–Crippen MR) is 112 cm³/mol. The van der Waals surface area contributed by atoms with Gasteiger partial charge in [-0.05, 0) is 42.0 Å². The Labute approximate surface area is 181 Å². The molecule has 9 nitrogen and oxygen atoms in total. The van der Waals surface area contributed by atoms with Crippen molar-refractivity contribution in [1.29, 1.82) is 0 Å². The lowest BCUT2D eigenvalue weighted by Crippen LogP contribution is -2.22. The van der Waals surface area contributed by atoms with Crippen LogP contribution < -0.4 is 24.8 Å². The van der Waals surface area contributed by atoms with Gasteiger partial charge in [0.05, 0.1) is 21.3 Å². The summed E-state index contributed by atoms with van der Waals surface area (Å²) < 4.78 is 28.8. The highest BCUT2D eigenvalue weighted by Crippen LogP contribution is 2.38. The van der Waals surface area contributed by atoms with Gasteiger partial charge in [0.1, 0.15) is 5.82 Å². The van der Waals surface area contributed by atoms with Gasteiger partial charge in [-0.15, -0.1) is 10.2 Å². The zero-order chi connectivity index (χ0) is 22.4. The van der Waals surface area contributed by atoms with Gasteiger partial charge in [-0.2, -0.15) is 0 Å². The maximum Gasteiger partial charge on any atom is 0.286 e. The van der Waals surface area contributed by atoms with E-state index in [0.29, 0.717) is 28.5 Å². The standard InChI is InChI=1S/C20H19FN4O5S/c1-28-14-8-11(9-15(29-2)16(14)30-3)10-22-17(26)19-24-25-20(31-19)18(27)23-13-6-4-12(21)5-7-13/h4-9H,10H2,1-3H3,(H,22,26)(H,23,27). The number of halogens is 1. The van der Waals surface area contributed by atoms with Crippen LogP contribution in [0.2, 0.25) is 0 Å². The Kier molecular flexibility index (Phi) is 6.98. The van der Waals surface area contributed by atoms with Crippen molar-refractivity contribution in [3.8, 4) is 17.2 Å². The van der Waals surface area contributed by atoms with Crippen molar-refractivity contribution in [3.05, 3.63) is 57.8 Å². The molecular weight excluding hydrogens is 427 g/mol. The number of nitrogens with zero attached hydrogens (tertiary/aromatic N) is 2. The molecular formula is C20H19FN4O5S. The van der Waals surface area contributed by atoms with Gasteiger partial charge >= 0.3 is 0 Å². The van der Waals surface area contributed by atoms with Crippen LogP contribution in [-0.2, 0) is 6.54 Å². The molecule has 0 aliphatic rings. The minimum atomic E-state index is -0.548. The number of rotatable bonds is 8. The van der Waals surface area contributed by atoms with Crippen LogP contribution >= 0.6 is 11.3 Å². The molecule has 11 heteroatoms. The summed E-state index contributed by atoms with van der Waals surface area (Å²) >= 11 is 0.838. The topological polar surface area (TPSA) is 112 Å². The number of benzene rings is 2. The minimum Gasteiger partial charge on any atom is -0.493 e. The van der Waals surface area contributed by atoms with Crippen molar-refractivity contribution in [2.45, 2.75) is 6.54 Å². The van der Waals surface area contributed by atoms with Gasteiger partial charge < -0.3 is 24.8 Å². The molecule has 3 rings (SSSR count). The van der Waals surface area contributed by atoms with Gasteiger partial charge in [-0.3, -0.25) is 9.59 Å². The van der Waals surface area contributed by atoms with E-state index in [4.69, 9.17) is 14.2 Å². The first-order valence-corrected chi connectivity index (χ1v) is 9.74. The maximum absolute atomic E-state index is 13.0. The first-order chi connectivity index (χ1) is 14.9. The van der Waals surface area contributed by atoms with Gasteiger partial charge in [-0.25, -0.2) is 4.39 Å². The molecule has 31 heavy (non-hydrogen) atoms. The van der Waals surface area contributed by atoms with E-state index in [0.717, 1.165) is 11.3 Å². The fraction of sp³-hybridized carbons (Fsp3) is 0.200. The van der Waals surface area contributed by atoms with Crippen LogP contribution in [0, 0.1) is 5.82 Å². The maximum atomic E-state index is 13.0. The third-order valence-corrected chi connectivity index (χ3v) is 5.01. The average molecular weight is 446 g/mol. The second-order valence-electron chi connectivity index (χ2n) is 6.09. The normalized spacial score (nSPS) is 10.3. The van der Waals surface area contributed by atoms with Crippen molar-refractivity contribution >= 4 is 28.8 Å². The molecule has 162 valence electrons. The van der Waals surface area contributed by atoms with E-state index in [1.54, 1.807) is 12.1 Å². The Morgan fingerprint density at radius 3 is 2.06 bits per heavy atom. The second kappa shape index (κ2) is 9.85. The highest BCUT2D eigenvalue weighted by atomic mass is 32.1. The monoisotopic (exact) mass is 446 g/mol. The lowest BCUT2D eigenvalue weighted by atomic mass is 10.1.